The molecule has 1 N–H and O–H groups in total. The second-order valence-corrected chi connectivity index (χ2v) is 6.52. The number of ether oxygens (including phenoxy) is 2. The lowest BCUT2D eigenvalue weighted by atomic mass is 10.2. The highest BCUT2D eigenvalue weighted by Crippen LogP contribution is 2.25. The van der Waals surface area contributed by atoms with Crippen LogP contribution in [0.2, 0.25) is 15.1 Å². The van der Waals surface area contributed by atoms with E-state index in [-0.39, 0.29) is 17.4 Å². The van der Waals surface area contributed by atoms with E-state index in [4.69, 9.17) is 44.3 Å². The van der Waals surface area contributed by atoms with E-state index in [1.807, 2.05) is 6.92 Å². The summed E-state index contributed by atoms with van der Waals surface area (Å²) in [5.41, 5.74) is 1.33. The first-order chi connectivity index (χ1) is 12.3. The van der Waals surface area contributed by atoms with Crippen LogP contribution in [0, 0.1) is 13.8 Å². The number of nitrogens with zero attached hydrogens (tertiary/aromatic N) is 1. The van der Waals surface area contributed by atoms with Crippen LogP contribution >= 0.6 is 34.8 Å². The number of carbonyl (C=O) groups excluding carboxylic acids is 2. The molecule has 1 aromatic carbocycles. The van der Waals surface area contributed by atoms with Crippen LogP contribution in [0.25, 0.3) is 0 Å². The van der Waals surface area contributed by atoms with Crippen molar-refractivity contribution in [3.63, 3.8) is 0 Å². The van der Waals surface area contributed by atoms with Crippen molar-refractivity contribution in [2.45, 2.75) is 13.8 Å². The number of aromatic nitrogens is 1. The summed E-state index contributed by atoms with van der Waals surface area (Å²) in [5, 5.41) is 3.61. The van der Waals surface area contributed by atoms with E-state index in [1.54, 1.807) is 25.1 Å². The molecule has 0 unspecified atom stereocenters. The van der Waals surface area contributed by atoms with Gasteiger partial charge in [-0.15, -0.1) is 0 Å². The molecule has 9 heteroatoms. The number of nitrogens with one attached hydrogen (secondary N) is 1. The van der Waals surface area contributed by atoms with Crippen molar-refractivity contribution in [3.05, 3.63) is 50.6 Å². The highest BCUT2D eigenvalue weighted by molar-refractivity contribution is 6.36. The molecule has 0 aliphatic carbocycles. The van der Waals surface area contributed by atoms with Gasteiger partial charge in [0.05, 0.1) is 15.7 Å². The van der Waals surface area contributed by atoms with E-state index in [1.165, 1.54) is 6.07 Å². The molecule has 0 bridgehead atoms. The monoisotopic (exact) mass is 416 g/mol. The van der Waals surface area contributed by atoms with Gasteiger partial charge in [-0.1, -0.05) is 34.8 Å². The van der Waals surface area contributed by atoms with E-state index in [0.29, 0.717) is 21.5 Å². The van der Waals surface area contributed by atoms with Crippen molar-refractivity contribution in [1.82, 2.24) is 4.98 Å². The molecular weight excluding hydrogens is 403 g/mol. The van der Waals surface area contributed by atoms with Crippen molar-refractivity contribution in [3.8, 4) is 5.75 Å². The average Bonchev–Trinajstić information content (AvgIpc) is 2.59. The number of carbonyl (C=O) groups is 2. The fourth-order valence-electron chi connectivity index (χ4n) is 1.85. The zero-order valence-electron chi connectivity index (χ0n) is 13.9. The first-order valence-corrected chi connectivity index (χ1v) is 8.56. The predicted molar refractivity (Wildman–Crippen MR) is 100 cm³/mol. The summed E-state index contributed by atoms with van der Waals surface area (Å²) < 4.78 is 10.1. The number of anilines is 1. The standard InChI is InChI=1S/C17H15Cl3N2O4/c1-9-5-11(3-4-12(9)18)25-8-16(24)26-7-15(23)22-17-14(20)6-13(19)10(2)21-17/h3-6H,7-8H2,1-2H3,(H,21,22,23). The summed E-state index contributed by atoms with van der Waals surface area (Å²) in [6, 6.07) is 6.45. The lowest BCUT2D eigenvalue weighted by Crippen LogP contribution is -2.24. The van der Waals surface area contributed by atoms with Crippen LogP contribution < -0.4 is 10.1 Å². The Morgan fingerprint density at radius 1 is 1.04 bits per heavy atom. The summed E-state index contributed by atoms with van der Waals surface area (Å²) in [6.07, 6.45) is 0. The molecule has 0 saturated carbocycles. The molecule has 0 atom stereocenters. The lowest BCUT2D eigenvalue weighted by molar-refractivity contribution is -0.149. The molecule has 0 saturated heterocycles. The zero-order chi connectivity index (χ0) is 19.3. The van der Waals surface area contributed by atoms with Crippen molar-refractivity contribution in [2.75, 3.05) is 18.5 Å². The fourth-order valence-corrected chi connectivity index (χ4v) is 2.37. The van der Waals surface area contributed by atoms with Gasteiger partial charge in [-0.3, -0.25) is 4.79 Å². The molecule has 1 aromatic heterocycles. The number of rotatable bonds is 6. The molecule has 0 aliphatic rings. The number of aryl methyl sites for hydroxylation is 2. The molecule has 1 amide bonds. The van der Waals surface area contributed by atoms with Gasteiger partial charge >= 0.3 is 5.97 Å². The Kier molecular flexibility index (Phi) is 7.08. The van der Waals surface area contributed by atoms with Gasteiger partial charge in [-0.2, -0.15) is 0 Å². The number of halogens is 3. The molecule has 2 rings (SSSR count). The van der Waals surface area contributed by atoms with Crippen LogP contribution in [-0.2, 0) is 14.3 Å². The second kappa shape index (κ2) is 9.07. The van der Waals surface area contributed by atoms with E-state index in [2.05, 4.69) is 10.3 Å². The number of esters is 1. The number of hydrogen-bond donors (Lipinski definition) is 1. The van der Waals surface area contributed by atoms with E-state index < -0.39 is 18.5 Å². The van der Waals surface area contributed by atoms with Gasteiger partial charge in [-0.05, 0) is 43.7 Å². The Bertz CT molecular complexity index is 843. The number of amides is 1. The average molecular weight is 418 g/mol. The third-order valence-corrected chi connectivity index (χ3v) is 4.31. The largest absolute Gasteiger partial charge is 0.482 e. The fraction of sp³-hybridized carbons (Fsp3) is 0.235. The van der Waals surface area contributed by atoms with Gasteiger partial charge in [0.15, 0.2) is 19.0 Å². The zero-order valence-corrected chi connectivity index (χ0v) is 16.2. The lowest BCUT2D eigenvalue weighted by Gasteiger charge is -2.10. The highest BCUT2D eigenvalue weighted by atomic mass is 35.5. The summed E-state index contributed by atoms with van der Waals surface area (Å²) >= 11 is 17.7. The Morgan fingerprint density at radius 2 is 1.77 bits per heavy atom. The van der Waals surface area contributed by atoms with Crippen LogP contribution in [-0.4, -0.2) is 30.1 Å². The minimum Gasteiger partial charge on any atom is -0.482 e. The van der Waals surface area contributed by atoms with Crippen LogP contribution in [0.4, 0.5) is 5.82 Å². The Morgan fingerprint density at radius 3 is 2.46 bits per heavy atom. The minimum absolute atomic E-state index is 0.141. The molecule has 6 nitrogen and oxygen atoms in total. The molecule has 26 heavy (non-hydrogen) atoms. The van der Waals surface area contributed by atoms with Crippen LogP contribution in [0.3, 0.4) is 0 Å². The normalized spacial score (nSPS) is 10.3. The van der Waals surface area contributed by atoms with Crippen molar-refractivity contribution in [1.29, 1.82) is 0 Å². The number of pyridine rings is 1. The van der Waals surface area contributed by atoms with Crippen molar-refractivity contribution < 1.29 is 19.1 Å². The molecule has 2 aromatic rings. The molecule has 0 spiro atoms. The molecule has 0 aliphatic heterocycles. The van der Waals surface area contributed by atoms with Gasteiger partial charge < -0.3 is 14.8 Å². The predicted octanol–water partition coefficient (Wildman–Crippen LogP) is 4.22. The molecule has 1 heterocycles. The maximum Gasteiger partial charge on any atom is 0.344 e. The molecular formula is C17H15Cl3N2O4. The molecule has 0 fully saturated rings. The highest BCUT2D eigenvalue weighted by Gasteiger charge is 2.13. The van der Waals surface area contributed by atoms with Gasteiger partial charge in [0, 0.05) is 5.02 Å². The van der Waals surface area contributed by atoms with Crippen LogP contribution in [0.5, 0.6) is 5.75 Å². The topological polar surface area (TPSA) is 77.5 Å². The van der Waals surface area contributed by atoms with Crippen molar-refractivity contribution >= 4 is 52.5 Å². The number of benzene rings is 1. The maximum atomic E-state index is 11.8. The van der Waals surface area contributed by atoms with E-state index >= 15 is 0 Å². The second-order valence-electron chi connectivity index (χ2n) is 5.29. The van der Waals surface area contributed by atoms with E-state index in [9.17, 15) is 9.59 Å². The summed E-state index contributed by atoms with van der Waals surface area (Å²) in [4.78, 5) is 27.6. The molecule has 138 valence electrons. The smallest absolute Gasteiger partial charge is 0.344 e. The van der Waals surface area contributed by atoms with Gasteiger partial charge in [0.25, 0.3) is 5.91 Å². The van der Waals surface area contributed by atoms with E-state index in [0.717, 1.165) is 5.56 Å². The first-order valence-electron chi connectivity index (χ1n) is 7.43. The Hall–Kier alpha value is -2.02. The minimum atomic E-state index is -0.695. The summed E-state index contributed by atoms with van der Waals surface area (Å²) in [7, 11) is 0. The molecule has 0 radical (unpaired) electrons. The van der Waals surface area contributed by atoms with Crippen LogP contribution in [0.15, 0.2) is 24.3 Å². The summed E-state index contributed by atoms with van der Waals surface area (Å²) in [6.45, 7) is 2.65. The van der Waals surface area contributed by atoms with Gasteiger partial charge in [0.1, 0.15) is 5.75 Å². The SMILES string of the molecule is Cc1cc(OCC(=O)OCC(=O)Nc2nc(C)c(Cl)cc2Cl)ccc1Cl. The Labute approximate surface area is 165 Å². The van der Waals surface area contributed by atoms with Crippen molar-refractivity contribution in [2.24, 2.45) is 0 Å². The quantitative estimate of drug-likeness (QED) is 0.712. The third kappa shape index (κ3) is 5.76. The first kappa shape index (κ1) is 20.3. The van der Waals surface area contributed by atoms with Crippen LogP contribution in [0.1, 0.15) is 11.3 Å². The third-order valence-electron chi connectivity index (χ3n) is 3.21. The van der Waals surface area contributed by atoms with Gasteiger partial charge in [0.2, 0.25) is 0 Å². The maximum absolute atomic E-state index is 11.8. The number of hydrogen-bond acceptors (Lipinski definition) is 5. The Balaban J connectivity index is 1.80. The summed E-state index contributed by atoms with van der Waals surface area (Å²) in [5.74, 6) is -0.667. The van der Waals surface area contributed by atoms with Gasteiger partial charge in [-0.25, -0.2) is 9.78 Å².